The van der Waals surface area contributed by atoms with Crippen molar-refractivity contribution in [2.45, 2.75) is 56.9 Å². The number of anilines is 1. The molecular formula is C18H24F2N2O. The molecule has 2 N–H and O–H groups in total. The van der Waals surface area contributed by atoms with Crippen LogP contribution in [0.5, 0.6) is 0 Å². The average molecular weight is 322 g/mol. The minimum atomic E-state index is -2.25. The summed E-state index contributed by atoms with van der Waals surface area (Å²) in [5.74, 6) is -0.451. The van der Waals surface area contributed by atoms with Crippen LogP contribution in [-0.4, -0.2) is 24.9 Å². The quantitative estimate of drug-likeness (QED) is 0.868. The van der Waals surface area contributed by atoms with Gasteiger partial charge in [-0.15, -0.1) is 0 Å². The van der Waals surface area contributed by atoms with Crippen molar-refractivity contribution in [3.05, 3.63) is 29.8 Å². The van der Waals surface area contributed by atoms with E-state index < -0.39 is 12.3 Å². The number of carbonyl (C=O) groups excluding carboxylic acids is 1. The summed E-state index contributed by atoms with van der Waals surface area (Å²) in [5.41, 5.74) is 1.68. The number of halogens is 2. The molecule has 1 aromatic rings. The predicted octanol–water partition coefficient (Wildman–Crippen LogP) is 3.70. The highest BCUT2D eigenvalue weighted by molar-refractivity contribution is 6.06. The van der Waals surface area contributed by atoms with E-state index >= 15 is 0 Å². The third kappa shape index (κ3) is 3.11. The number of carbonyl (C=O) groups is 1. The van der Waals surface area contributed by atoms with E-state index in [1.165, 1.54) is 0 Å². The zero-order valence-electron chi connectivity index (χ0n) is 13.4. The number of para-hydroxylation sites is 1. The molecule has 5 heteroatoms. The van der Waals surface area contributed by atoms with E-state index in [-0.39, 0.29) is 11.3 Å². The molecule has 1 aliphatic heterocycles. The second-order valence-electron chi connectivity index (χ2n) is 6.91. The number of benzene rings is 1. The lowest BCUT2D eigenvalue weighted by molar-refractivity contribution is -0.122. The van der Waals surface area contributed by atoms with Crippen molar-refractivity contribution in [1.29, 1.82) is 0 Å². The number of amides is 1. The Hall–Kier alpha value is -1.49. The van der Waals surface area contributed by atoms with Crippen LogP contribution in [-0.2, 0) is 10.2 Å². The van der Waals surface area contributed by atoms with E-state index in [4.69, 9.17) is 0 Å². The lowest BCUT2D eigenvalue weighted by Crippen LogP contribution is -2.43. The van der Waals surface area contributed by atoms with Gasteiger partial charge in [-0.2, -0.15) is 0 Å². The summed E-state index contributed by atoms with van der Waals surface area (Å²) in [5, 5.41) is 6.39. The second-order valence-corrected chi connectivity index (χ2v) is 6.91. The van der Waals surface area contributed by atoms with Gasteiger partial charge in [-0.3, -0.25) is 4.79 Å². The summed E-state index contributed by atoms with van der Waals surface area (Å²) in [7, 11) is 0. The zero-order chi connectivity index (χ0) is 16.4. The molecule has 23 heavy (non-hydrogen) atoms. The van der Waals surface area contributed by atoms with Crippen LogP contribution in [0.2, 0.25) is 0 Å². The molecule has 1 heterocycles. The number of hydrogen-bond donors (Lipinski definition) is 2. The standard InChI is InChI=1S/C18H24F2N2O/c1-12(16(19)20)8-11-21-13-6-9-18(10-7-13)14-4-2-3-5-15(14)22-17(18)23/h2-5,12-13,16,21H,6-11H2,1H3,(H,22,23). The molecule has 3 nitrogen and oxygen atoms in total. The maximum absolute atomic E-state index is 12.5. The summed E-state index contributed by atoms with van der Waals surface area (Å²) in [6, 6.07) is 8.25. The van der Waals surface area contributed by atoms with Crippen LogP contribution in [0, 0.1) is 5.92 Å². The lowest BCUT2D eigenvalue weighted by atomic mass is 9.69. The van der Waals surface area contributed by atoms with Crippen LogP contribution in [0.3, 0.4) is 0 Å². The van der Waals surface area contributed by atoms with Crippen LogP contribution in [0.1, 0.15) is 44.6 Å². The number of hydrogen-bond acceptors (Lipinski definition) is 2. The Morgan fingerprint density at radius 2 is 2.00 bits per heavy atom. The zero-order valence-corrected chi connectivity index (χ0v) is 13.4. The first-order chi connectivity index (χ1) is 11.0. The van der Waals surface area contributed by atoms with Gasteiger partial charge >= 0.3 is 0 Å². The minimum Gasteiger partial charge on any atom is -0.325 e. The van der Waals surface area contributed by atoms with Crippen molar-refractivity contribution < 1.29 is 13.6 Å². The first-order valence-corrected chi connectivity index (χ1v) is 8.45. The molecule has 126 valence electrons. The fraction of sp³-hybridized carbons (Fsp3) is 0.611. The molecule has 1 aromatic carbocycles. The highest BCUT2D eigenvalue weighted by atomic mass is 19.3. The van der Waals surface area contributed by atoms with E-state index in [1.807, 2.05) is 24.3 Å². The van der Waals surface area contributed by atoms with Gasteiger partial charge in [0.2, 0.25) is 12.3 Å². The predicted molar refractivity (Wildman–Crippen MR) is 86.8 cm³/mol. The normalized spacial score (nSPS) is 28.0. The van der Waals surface area contributed by atoms with Gasteiger partial charge in [0.15, 0.2) is 0 Å². The van der Waals surface area contributed by atoms with Crippen LogP contribution in [0.4, 0.5) is 14.5 Å². The molecule has 3 rings (SSSR count). The van der Waals surface area contributed by atoms with Crippen molar-refractivity contribution in [3.63, 3.8) is 0 Å². The topological polar surface area (TPSA) is 41.1 Å². The smallest absolute Gasteiger partial charge is 0.241 e. The van der Waals surface area contributed by atoms with Crippen molar-refractivity contribution in [2.24, 2.45) is 5.92 Å². The van der Waals surface area contributed by atoms with Crippen LogP contribution in [0.15, 0.2) is 24.3 Å². The van der Waals surface area contributed by atoms with Gasteiger partial charge in [0.25, 0.3) is 0 Å². The SMILES string of the molecule is CC(CCNC1CCC2(CC1)C(=O)Nc1ccccc12)C(F)F. The Balaban J connectivity index is 1.56. The Kier molecular flexibility index (Phi) is 4.67. The molecule has 0 radical (unpaired) electrons. The van der Waals surface area contributed by atoms with Crippen LogP contribution < -0.4 is 10.6 Å². The Labute approximate surface area is 135 Å². The highest BCUT2D eigenvalue weighted by Crippen LogP contribution is 2.47. The van der Waals surface area contributed by atoms with Gasteiger partial charge in [-0.25, -0.2) is 8.78 Å². The number of rotatable bonds is 5. The van der Waals surface area contributed by atoms with E-state index in [1.54, 1.807) is 6.92 Å². The first kappa shape index (κ1) is 16.4. The van der Waals surface area contributed by atoms with Gasteiger partial charge in [-0.05, 0) is 50.3 Å². The summed E-state index contributed by atoms with van der Waals surface area (Å²) >= 11 is 0. The Morgan fingerprint density at radius 1 is 1.30 bits per heavy atom. The van der Waals surface area contributed by atoms with Gasteiger partial charge in [0.1, 0.15) is 0 Å². The lowest BCUT2D eigenvalue weighted by Gasteiger charge is -2.36. The van der Waals surface area contributed by atoms with Crippen molar-refractivity contribution in [3.8, 4) is 0 Å². The van der Waals surface area contributed by atoms with Gasteiger partial charge in [0, 0.05) is 17.6 Å². The monoisotopic (exact) mass is 322 g/mol. The summed E-state index contributed by atoms with van der Waals surface area (Å²) in [6.45, 7) is 2.20. The van der Waals surface area contributed by atoms with Crippen molar-refractivity contribution in [2.75, 3.05) is 11.9 Å². The first-order valence-electron chi connectivity index (χ1n) is 8.45. The molecule has 1 amide bonds. The molecule has 1 fully saturated rings. The van der Waals surface area contributed by atoms with Gasteiger partial charge < -0.3 is 10.6 Å². The molecule has 1 unspecified atom stereocenters. The molecule has 0 aromatic heterocycles. The molecular weight excluding hydrogens is 298 g/mol. The number of alkyl halides is 2. The third-order valence-corrected chi connectivity index (χ3v) is 5.43. The van der Waals surface area contributed by atoms with Gasteiger partial charge in [0.05, 0.1) is 5.41 Å². The highest BCUT2D eigenvalue weighted by Gasteiger charge is 2.48. The minimum absolute atomic E-state index is 0.114. The molecule has 1 saturated carbocycles. The maximum atomic E-state index is 12.5. The summed E-state index contributed by atoms with van der Waals surface area (Å²) < 4.78 is 25.0. The Morgan fingerprint density at radius 3 is 2.70 bits per heavy atom. The molecule has 1 spiro atoms. The largest absolute Gasteiger partial charge is 0.325 e. The summed E-state index contributed by atoms with van der Waals surface area (Å²) in [4.78, 5) is 12.5. The molecule has 1 aliphatic carbocycles. The molecule has 1 atom stereocenters. The average Bonchev–Trinajstić information content (AvgIpc) is 2.81. The van der Waals surface area contributed by atoms with Gasteiger partial charge in [-0.1, -0.05) is 25.1 Å². The number of fused-ring (bicyclic) bond motifs is 2. The van der Waals surface area contributed by atoms with Crippen molar-refractivity contribution >= 4 is 11.6 Å². The fourth-order valence-corrected chi connectivity index (χ4v) is 3.83. The Bertz CT molecular complexity index is 568. The van der Waals surface area contributed by atoms with E-state index in [2.05, 4.69) is 10.6 Å². The van der Waals surface area contributed by atoms with Crippen molar-refractivity contribution in [1.82, 2.24) is 5.32 Å². The van der Waals surface area contributed by atoms with Crippen LogP contribution in [0.25, 0.3) is 0 Å². The molecule has 0 bridgehead atoms. The van der Waals surface area contributed by atoms with E-state index in [0.717, 1.165) is 36.9 Å². The third-order valence-electron chi connectivity index (χ3n) is 5.43. The molecule has 2 aliphatic rings. The summed E-state index contributed by atoms with van der Waals surface area (Å²) in [6.07, 6.45) is 1.69. The maximum Gasteiger partial charge on any atom is 0.241 e. The second kappa shape index (κ2) is 6.56. The number of nitrogens with one attached hydrogen (secondary N) is 2. The van der Waals surface area contributed by atoms with Crippen LogP contribution >= 0.6 is 0 Å². The van der Waals surface area contributed by atoms with E-state index in [0.29, 0.717) is 19.0 Å². The molecule has 0 saturated heterocycles. The fourth-order valence-electron chi connectivity index (χ4n) is 3.83. The van der Waals surface area contributed by atoms with E-state index in [9.17, 15) is 13.6 Å².